The molecule has 92 valence electrons. The Kier molecular flexibility index (Phi) is 4.36. The van der Waals surface area contributed by atoms with Crippen molar-refractivity contribution in [1.29, 1.82) is 0 Å². The summed E-state index contributed by atoms with van der Waals surface area (Å²) in [5, 5.41) is 0.621. The highest BCUT2D eigenvalue weighted by Crippen LogP contribution is 2.21. The first-order chi connectivity index (χ1) is 8.69. The largest absolute Gasteiger partial charge is 0.308 e. The van der Waals surface area contributed by atoms with Crippen molar-refractivity contribution in [2.24, 2.45) is 10.8 Å². The number of hydrogen-bond acceptors (Lipinski definition) is 2. The summed E-state index contributed by atoms with van der Waals surface area (Å²) in [7, 11) is 0. The van der Waals surface area contributed by atoms with Crippen molar-refractivity contribution in [3.8, 4) is 0 Å². The van der Waals surface area contributed by atoms with Crippen LogP contribution >= 0.6 is 27.5 Å². The monoisotopic (exact) mass is 323 g/mol. The molecule has 0 aliphatic heterocycles. The average Bonchev–Trinajstić information content (AvgIpc) is 2.36. The Morgan fingerprint density at radius 1 is 1.17 bits per heavy atom. The van der Waals surface area contributed by atoms with Gasteiger partial charge < -0.3 is 5.43 Å². The van der Waals surface area contributed by atoms with Gasteiger partial charge in [-0.2, -0.15) is 0 Å². The summed E-state index contributed by atoms with van der Waals surface area (Å²) >= 11 is 9.39. The fourth-order valence-corrected chi connectivity index (χ4v) is 2.36. The van der Waals surface area contributed by atoms with Gasteiger partial charge in [0.25, 0.3) is 0 Å². The second-order valence-electron chi connectivity index (χ2n) is 3.60. The number of hydrogen-bond donors (Lipinski definition) is 2. The molecule has 0 radical (unpaired) electrons. The van der Waals surface area contributed by atoms with Crippen LogP contribution in [0.1, 0.15) is 5.56 Å². The number of halogens is 2. The Labute approximate surface area is 119 Å². The van der Waals surface area contributed by atoms with Crippen LogP contribution in [0.15, 0.2) is 58.0 Å². The summed E-state index contributed by atoms with van der Waals surface area (Å²) in [6.07, 6.45) is 0. The number of amidine groups is 1. The third-order valence-corrected chi connectivity index (χ3v) is 2.95. The standard InChI is InChI=1S/C13H11BrClN3/c14-10-6-9(7-11(15)8-10)13(18-16)17-12-4-2-1-3-5-12/h1-8H,16H2,(H,17,18). The van der Waals surface area contributed by atoms with Crippen molar-refractivity contribution in [1.82, 2.24) is 5.43 Å². The first kappa shape index (κ1) is 13.1. The average molecular weight is 325 g/mol. The van der Waals surface area contributed by atoms with Crippen molar-refractivity contribution in [3.05, 3.63) is 63.6 Å². The summed E-state index contributed by atoms with van der Waals surface area (Å²) in [5.41, 5.74) is 4.23. The zero-order valence-corrected chi connectivity index (χ0v) is 11.7. The first-order valence-corrected chi connectivity index (χ1v) is 6.43. The van der Waals surface area contributed by atoms with Gasteiger partial charge >= 0.3 is 0 Å². The second kappa shape index (κ2) is 6.00. The second-order valence-corrected chi connectivity index (χ2v) is 4.95. The molecule has 0 aromatic heterocycles. The number of rotatable bonds is 2. The zero-order valence-electron chi connectivity index (χ0n) is 9.40. The molecule has 18 heavy (non-hydrogen) atoms. The van der Waals surface area contributed by atoms with Crippen molar-refractivity contribution >= 4 is 39.1 Å². The van der Waals surface area contributed by atoms with Crippen LogP contribution in [0, 0.1) is 0 Å². The van der Waals surface area contributed by atoms with Crippen LogP contribution in [0.4, 0.5) is 5.69 Å². The highest BCUT2D eigenvalue weighted by molar-refractivity contribution is 9.10. The molecule has 2 aromatic carbocycles. The lowest BCUT2D eigenvalue weighted by Gasteiger charge is -2.07. The van der Waals surface area contributed by atoms with Gasteiger partial charge in [-0.15, -0.1) is 0 Å². The van der Waals surface area contributed by atoms with E-state index in [9.17, 15) is 0 Å². The number of para-hydroxylation sites is 1. The van der Waals surface area contributed by atoms with Crippen molar-refractivity contribution < 1.29 is 0 Å². The zero-order chi connectivity index (χ0) is 13.0. The lowest BCUT2D eigenvalue weighted by atomic mass is 10.2. The lowest BCUT2D eigenvalue weighted by molar-refractivity contribution is 1.02. The Bertz CT molecular complexity index is 549. The van der Waals surface area contributed by atoms with Crippen LogP contribution in [0.3, 0.4) is 0 Å². The van der Waals surface area contributed by atoms with Gasteiger partial charge in [0.2, 0.25) is 0 Å². The molecule has 3 nitrogen and oxygen atoms in total. The number of benzene rings is 2. The van der Waals surface area contributed by atoms with E-state index >= 15 is 0 Å². The van der Waals surface area contributed by atoms with Gasteiger partial charge in [0, 0.05) is 15.1 Å². The van der Waals surface area contributed by atoms with Gasteiger partial charge in [-0.05, 0) is 30.3 Å². The molecule has 0 spiro atoms. The maximum Gasteiger partial charge on any atom is 0.148 e. The minimum Gasteiger partial charge on any atom is -0.308 e. The highest BCUT2D eigenvalue weighted by Gasteiger charge is 2.04. The topological polar surface area (TPSA) is 50.4 Å². The smallest absolute Gasteiger partial charge is 0.148 e. The molecule has 5 heteroatoms. The fraction of sp³-hybridized carbons (Fsp3) is 0. The number of nitrogens with zero attached hydrogens (tertiary/aromatic N) is 1. The molecule has 0 fully saturated rings. The SMILES string of the molecule is NNC(=Nc1ccccc1)c1cc(Cl)cc(Br)c1. The number of aliphatic imine (C=N–C) groups is 1. The molecule has 0 aliphatic carbocycles. The van der Waals surface area contributed by atoms with Gasteiger partial charge in [0.15, 0.2) is 0 Å². The van der Waals surface area contributed by atoms with E-state index in [1.54, 1.807) is 6.07 Å². The summed E-state index contributed by atoms with van der Waals surface area (Å²) in [4.78, 5) is 4.43. The Morgan fingerprint density at radius 2 is 1.89 bits per heavy atom. The van der Waals surface area contributed by atoms with E-state index in [4.69, 9.17) is 17.4 Å². The third-order valence-electron chi connectivity index (χ3n) is 2.27. The van der Waals surface area contributed by atoms with E-state index in [1.807, 2.05) is 42.5 Å². The van der Waals surface area contributed by atoms with Crippen molar-refractivity contribution in [3.63, 3.8) is 0 Å². The van der Waals surface area contributed by atoms with Gasteiger partial charge in [-0.1, -0.05) is 45.7 Å². The number of nitrogens with one attached hydrogen (secondary N) is 1. The quantitative estimate of drug-likeness (QED) is 0.383. The van der Waals surface area contributed by atoms with E-state index in [2.05, 4.69) is 26.3 Å². The summed E-state index contributed by atoms with van der Waals surface area (Å²) < 4.78 is 0.876. The highest BCUT2D eigenvalue weighted by atomic mass is 79.9. The molecule has 2 aromatic rings. The third kappa shape index (κ3) is 3.32. The molecule has 0 bridgehead atoms. The molecule has 0 saturated heterocycles. The van der Waals surface area contributed by atoms with Gasteiger partial charge in [-0.3, -0.25) is 0 Å². The molecule has 0 aliphatic rings. The first-order valence-electron chi connectivity index (χ1n) is 5.26. The molecule has 2 rings (SSSR count). The van der Waals surface area contributed by atoms with Crippen molar-refractivity contribution in [2.75, 3.05) is 0 Å². The molecule has 0 amide bonds. The van der Waals surface area contributed by atoms with E-state index < -0.39 is 0 Å². The summed E-state index contributed by atoms with van der Waals surface area (Å²) in [5.74, 6) is 6.07. The molecule has 0 atom stereocenters. The van der Waals surface area contributed by atoms with E-state index in [0.717, 1.165) is 15.7 Å². The lowest BCUT2D eigenvalue weighted by Crippen LogP contribution is -2.30. The Morgan fingerprint density at radius 3 is 2.50 bits per heavy atom. The predicted molar refractivity (Wildman–Crippen MR) is 79.1 cm³/mol. The van der Waals surface area contributed by atoms with E-state index in [-0.39, 0.29) is 0 Å². The van der Waals surface area contributed by atoms with Crippen LogP contribution in [0.25, 0.3) is 0 Å². The Balaban J connectivity index is 2.42. The summed E-state index contributed by atoms with van der Waals surface area (Å²) in [6, 6.07) is 15.1. The normalized spacial score (nSPS) is 11.4. The van der Waals surface area contributed by atoms with E-state index in [1.165, 1.54) is 0 Å². The fourth-order valence-electron chi connectivity index (χ4n) is 1.50. The van der Waals surface area contributed by atoms with Gasteiger partial charge in [0.1, 0.15) is 5.84 Å². The van der Waals surface area contributed by atoms with Crippen LogP contribution in [-0.2, 0) is 0 Å². The van der Waals surface area contributed by atoms with Crippen LogP contribution in [0.5, 0.6) is 0 Å². The van der Waals surface area contributed by atoms with Gasteiger partial charge in [0.05, 0.1) is 5.69 Å². The number of nitrogens with two attached hydrogens (primary N) is 1. The maximum absolute atomic E-state index is 6.00. The molecule has 3 N–H and O–H groups in total. The van der Waals surface area contributed by atoms with Crippen LogP contribution < -0.4 is 11.3 Å². The summed E-state index contributed by atoms with van der Waals surface area (Å²) in [6.45, 7) is 0. The molecular formula is C13H11BrClN3. The molecule has 0 unspecified atom stereocenters. The predicted octanol–water partition coefficient (Wildman–Crippen LogP) is 3.64. The van der Waals surface area contributed by atoms with Crippen LogP contribution in [0.2, 0.25) is 5.02 Å². The van der Waals surface area contributed by atoms with Crippen LogP contribution in [-0.4, -0.2) is 5.84 Å². The van der Waals surface area contributed by atoms with E-state index in [0.29, 0.717) is 10.9 Å². The minimum atomic E-state index is 0.560. The molecule has 0 heterocycles. The maximum atomic E-state index is 6.00. The minimum absolute atomic E-state index is 0.560. The van der Waals surface area contributed by atoms with Gasteiger partial charge in [-0.25, -0.2) is 10.8 Å². The van der Waals surface area contributed by atoms with Crippen molar-refractivity contribution in [2.45, 2.75) is 0 Å². The molecular weight excluding hydrogens is 314 g/mol. The number of hydrazine groups is 1. The Hall–Kier alpha value is -1.36. The molecule has 0 saturated carbocycles.